The van der Waals surface area contributed by atoms with Gasteiger partial charge < -0.3 is 0 Å². The minimum atomic E-state index is -0.125. The van der Waals surface area contributed by atoms with Crippen LogP contribution in [0, 0.1) is 11.7 Å². The smallest absolute Gasteiger partial charge is 0.123 e. The minimum Gasteiger partial charge on any atom is -0.207 e. The SMILES string of the molecule is Fc1ccc(CCC2CCCCCCC2)cc1. The number of hydrogen-bond acceptors (Lipinski definition) is 0. The lowest BCUT2D eigenvalue weighted by Gasteiger charge is -2.19. The van der Waals surface area contributed by atoms with E-state index in [0.717, 1.165) is 12.3 Å². The molecule has 1 fully saturated rings. The van der Waals surface area contributed by atoms with Crippen LogP contribution in [0.3, 0.4) is 0 Å². The molecule has 1 heteroatoms. The van der Waals surface area contributed by atoms with Crippen LogP contribution in [0.15, 0.2) is 24.3 Å². The fourth-order valence-electron chi connectivity index (χ4n) is 2.85. The third-order valence-electron chi connectivity index (χ3n) is 3.98. The number of aryl methyl sites for hydroxylation is 1. The quantitative estimate of drug-likeness (QED) is 0.681. The zero-order valence-corrected chi connectivity index (χ0v) is 10.6. The molecule has 1 aromatic rings. The summed E-state index contributed by atoms with van der Waals surface area (Å²) in [6.45, 7) is 0. The second-order valence-electron chi connectivity index (χ2n) is 5.38. The van der Waals surface area contributed by atoms with Gasteiger partial charge in [-0.2, -0.15) is 0 Å². The molecule has 0 nitrogen and oxygen atoms in total. The predicted molar refractivity (Wildman–Crippen MR) is 70.5 cm³/mol. The Morgan fingerprint density at radius 1 is 0.882 bits per heavy atom. The Labute approximate surface area is 104 Å². The van der Waals surface area contributed by atoms with E-state index in [1.807, 2.05) is 12.1 Å². The summed E-state index contributed by atoms with van der Waals surface area (Å²) >= 11 is 0. The number of rotatable bonds is 3. The van der Waals surface area contributed by atoms with Crippen LogP contribution in [-0.2, 0) is 6.42 Å². The van der Waals surface area contributed by atoms with E-state index in [2.05, 4.69) is 0 Å². The molecule has 0 saturated heterocycles. The van der Waals surface area contributed by atoms with E-state index < -0.39 is 0 Å². The molecule has 0 unspecified atom stereocenters. The lowest BCUT2D eigenvalue weighted by atomic mass is 9.87. The minimum absolute atomic E-state index is 0.125. The van der Waals surface area contributed by atoms with E-state index in [4.69, 9.17) is 0 Å². The van der Waals surface area contributed by atoms with Gasteiger partial charge in [-0.25, -0.2) is 4.39 Å². The summed E-state index contributed by atoms with van der Waals surface area (Å²) in [4.78, 5) is 0. The third kappa shape index (κ3) is 4.49. The largest absolute Gasteiger partial charge is 0.207 e. The maximum atomic E-state index is 12.8. The van der Waals surface area contributed by atoms with Crippen LogP contribution in [0.5, 0.6) is 0 Å². The molecular weight excluding hydrogens is 211 g/mol. The highest BCUT2D eigenvalue weighted by Gasteiger charge is 2.11. The molecule has 0 atom stereocenters. The van der Waals surface area contributed by atoms with E-state index in [-0.39, 0.29) is 5.82 Å². The molecule has 0 spiro atoms. The molecule has 2 rings (SSSR count). The number of benzene rings is 1. The monoisotopic (exact) mass is 234 g/mol. The van der Waals surface area contributed by atoms with Crippen molar-refractivity contribution in [1.29, 1.82) is 0 Å². The van der Waals surface area contributed by atoms with Crippen molar-refractivity contribution < 1.29 is 4.39 Å². The third-order valence-corrected chi connectivity index (χ3v) is 3.98. The molecule has 0 N–H and O–H groups in total. The first-order valence-electron chi connectivity index (χ1n) is 7.09. The zero-order chi connectivity index (χ0) is 11.9. The van der Waals surface area contributed by atoms with Gasteiger partial charge in [-0.3, -0.25) is 0 Å². The van der Waals surface area contributed by atoms with Crippen molar-refractivity contribution in [2.45, 2.75) is 57.8 Å². The van der Waals surface area contributed by atoms with Crippen LogP contribution in [-0.4, -0.2) is 0 Å². The molecule has 17 heavy (non-hydrogen) atoms. The summed E-state index contributed by atoms with van der Waals surface area (Å²) < 4.78 is 12.8. The van der Waals surface area contributed by atoms with Gasteiger partial charge >= 0.3 is 0 Å². The molecule has 1 aromatic carbocycles. The van der Waals surface area contributed by atoms with Crippen molar-refractivity contribution in [1.82, 2.24) is 0 Å². The average Bonchev–Trinajstić information content (AvgIpc) is 2.30. The van der Waals surface area contributed by atoms with E-state index >= 15 is 0 Å². The van der Waals surface area contributed by atoms with Gasteiger partial charge in [0.15, 0.2) is 0 Å². The fraction of sp³-hybridized carbons (Fsp3) is 0.625. The van der Waals surface area contributed by atoms with Crippen LogP contribution in [0.2, 0.25) is 0 Å². The topological polar surface area (TPSA) is 0 Å². The molecule has 0 heterocycles. The van der Waals surface area contributed by atoms with Crippen LogP contribution in [0.1, 0.15) is 56.9 Å². The number of hydrogen-bond donors (Lipinski definition) is 0. The van der Waals surface area contributed by atoms with Gasteiger partial charge in [-0.1, -0.05) is 57.1 Å². The Hall–Kier alpha value is -0.850. The Bertz CT molecular complexity index is 307. The normalized spacial score (nSPS) is 18.6. The van der Waals surface area contributed by atoms with E-state index in [0.29, 0.717) is 0 Å². The Balaban J connectivity index is 1.77. The first-order valence-corrected chi connectivity index (χ1v) is 7.09. The fourth-order valence-corrected chi connectivity index (χ4v) is 2.85. The average molecular weight is 234 g/mol. The maximum absolute atomic E-state index is 12.8. The van der Waals surface area contributed by atoms with E-state index in [9.17, 15) is 4.39 Å². The van der Waals surface area contributed by atoms with Gasteiger partial charge in [0, 0.05) is 0 Å². The van der Waals surface area contributed by atoms with Gasteiger partial charge in [0.05, 0.1) is 0 Å². The van der Waals surface area contributed by atoms with E-state index in [1.165, 1.54) is 56.9 Å². The molecule has 0 bridgehead atoms. The summed E-state index contributed by atoms with van der Waals surface area (Å²) in [5, 5.41) is 0. The molecule has 1 saturated carbocycles. The molecular formula is C16H23F. The second kappa shape index (κ2) is 6.78. The lowest BCUT2D eigenvalue weighted by molar-refractivity contribution is 0.359. The molecule has 94 valence electrons. The summed E-state index contributed by atoms with van der Waals surface area (Å²) in [7, 11) is 0. The molecule has 0 aromatic heterocycles. The highest BCUT2D eigenvalue weighted by atomic mass is 19.1. The van der Waals surface area contributed by atoms with Crippen LogP contribution >= 0.6 is 0 Å². The van der Waals surface area contributed by atoms with Crippen molar-refractivity contribution >= 4 is 0 Å². The summed E-state index contributed by atoms with van der Waals surface area (Å²) in [6.07, 6.45) is 12.3. The van der Waals surface area contributed by atoms with Gasteiger partial charge in [0.1, 0.15) is 5.82 Å². The number of halogens is 1. The van der Waals surface area contributed by atoms with Crippen LogP contribution < -0.4 is 0 Å². The zero-order valence-electron chi connectivity index (χ0n) is 10.6. The van der Waals surface area contributed by atoms with Crippen molar-refractivity contribution in [2.24, 2.45) is 5.92 Å². The molecule has 0 amide bonds. The van der Waals surface area contributed by atoms with Crippen molar-refractivity contribution in [2.75, 3.05) is 0 Å². The maximum Gasteiger partial charge on any atom is 0.123 e. The molecule has 0 radical (unpaired) electrons. The van der Waals surface area contributed by atoms with Crippen LogP contribution in [0.25, 0.3) is 0 Å². The first kappa shape index (κ1) is 12.6. The van der Waals surface area contributed by atoms with Gasteiger partial charge in [0.25, 0.3) is 0 Å². The van der Waals surface area contributed by atoms with Gasteiger partial charge in [-0.05, 0) is 36.5 Å². The summed E-state index contributed by atoms with van der Waals surface area (Å²) in [5.74, 6) is 0.778. The highest BCUT2D eigenvalue weighted by molar-refractivity contribution is 5.16. The summed E-state index contributed by atoms with van der Waals surface area (Å²) in [6, 6.07) is 7.01. The standard InChI is InChI=1S/C16H23F/c17-16-12-10-15(11-13-16)9-8-14-6-4-2-1-3-5-7-14/h10-14H,1-9H2. The molecule has 1 aliphatic carbocycles. The van der Waals surface area contributed by atoms with Crippen molar-refractivity contribution in [3.63, 3.8) is 0 Å². The lowest BCUT2D eigenvalue weighted by Crippen LogP contribution is -2.05. The molecule has 0 aliphatic heterocycles. The van der Waals surface area contributed by atoms with E-state index in [1.54, 1.807) is 12.1 Å². The summed E-state index contributed by atoms with van der Waals surface area (Å²) in [5.41, 5.74) is 1.29. The Morgan fingerprint density at radius 2 is 1.47 bits per heavy atom. The first-order chi connectivity index (χ1) is 8.34. The van der Waals surface area contributed by atoms with Gasteiger partial charge in [0.2, 0.25) is 0 Å². The van der Waals surface area contributed by atoms with Crippen molar-refractivity contribution in [3.05, 3.63) is 35.6 Å². The van der Waals surface area contributed by atoms with Crippen LogP contribution in [0.4, 0.5) is 4.39 Å². The van der Waals surface area contributed by atoms with Crippen molar-refractivity contribution in [3.8, 4) is 0 Å². The Kier molecular flexibility index (Phi) is 5.03. The highest BCUT2D eigenvalue weighted by Crippen LogP contribution is 2.26. The Morgan fingerprint density at radius 3 is 2.12 bits per heavy atom. The predicted octanol–water partition coefficient (Wildman–Crippen LogP) is 5.12. The second-order valence-corrected chi connectivity index (χ2v) is 5.38. The van der Waals surface area contributed by atoms with Gasteiger partial charge in [-0.15, -0.1) is 0 Å². The molecule has 1 aliphatic rings.